The van der Waals surface area contributed by atoms with Gasteiger partial charge in [-0.2, -0.15) is 0 Å². The summed E-state index contributed by atoms with van der Waals surface area (Å²) in [5.74, 6) is 0. The fourth-order valence-electron chi connectivity index (χ4n) is 3.16. The second-order valence-corrected chi connectivity index (χ2v) is 6.69. The Morgan fingerprint density at radius 1 is 1.09 bits per heavy atom. The predicted octanol–water partition coefficient (Wildman–Crippen LogP) is 2.70. The van der Waals surface area contributed by atoms with Crippen molar-refractivity contribution in [3.63, 3.8) is 0 Å². The normalized spacial score (nSPS) is 18.2. The van der Waals surface area contributed by atoms with Crippen molar-refractivity contribution in [2.45, 2.75) is 37.8 Å². The first-order chi connectivity index (χ1) is 11.2. The van der Waals surface area contributed by atoms with E-state index in [1.165, 1.54) is 0 Å². The molecule has 0 saturated carbocycles. The second-order valence-electron chi connectivity index (χ2n) is 6.25. The molecular formula is C17H23ClN4O. The molecule has 1 aliphatic heterocycles. The predicted molar refractivity (Wildman–Crippen MR) is 90.3 cm³/mol. The average molecular weight is 335 g/mol. The zero-order valence-electron chi connectivity index (χ0n) is 13.2. The Kier molecular flexibility index (Phi) is 5.30. The molecule has 0 spiro atoms. The number of hydrogen-bond acceptors (Lipinski definition) is 4. The van der Waals surface area contributed by atoms with Crippen molar-refractivity contribution in [1.82, 2.24) is 19.9 Å². The molecule has 0 atom stereocenters. The van der Waals surface area contributed by atoms with Crippen molar-refractivity contribution in [2.24, 2.45) is 0 Å². The largest absolute Gasteiger partial charge is 0.385 e. The topological polar surface area (TPSA) is 54.2 Å². The van der Waals surface area contributed by atoms with Gasteiger partial charge in [0.15, 0.2) is 0 Å². The van der Waals surface area contributed by atoms with E-state index in [9.17, 15) is 5.11 Å². The molecule has 6 heteroatoms. The van der Waals surface area contributed by atoms with E-state index < -0.39 is 5.60 Å². The fourth-order valence-corrected chi connectivity index (χ4v) is 3.28. The molecule has 1 aromatic heterocycles. The van der Waals surface area contributed by atoms with Crippen LogP contribution in [0.4, 0.5) is 0 Å². The summed E-state index contributed by atoms with van der Waals surface area (Å²) >= 11 is 5.93. The van der Waals surface area contributed by atoms with Gasteiger partial charge in [-0.3, -0.25) is 4.68 Å². The van der Waals surface area contributed by atoms with E-state index in [1.807, 2.05) is 35.1 Å². The maximum Gasteiger partial charge on any atom is 0.0920 e. The van der Waals surface area contributed by atoms with Crippen molar-refractivity contribution < 1.29 is 5.11 Å². The van der Waals surface area contributed by atoms with Crippen LogP contribution in [0.25, 0.3) is 0 Å². The first-order valence-electron chi connectivity index (χ1n) is 8.21. The number of likely N-dealkylation sites (tertiary alicyclic amines) is 1. The van der Waals surface area contributed by atoms with Gasteiger partial charge in [0.2, 0.25) is 0 Å². The van der Waals surface area contributed by atoms with Crippen LogP contribution in [0.3, 0.4) is 0 Å². The van der Waals surface area contributed by atoms with E-state index >= 15 is 0 Å². The minimum Gasteiger partial charge on any atom is -0.385 e. The van der Waals surface area contributed by atoms with Gasteiger partial charge >= 0.3 is 0 Å². The number of aliphatic hydroxyl groups is 1. The highest BCUT2D eigenvalue weighted by Gasteiger charge is 2.33. The molecule has 3 rings (SSSR count). The average Bonchev–Trinajstić information content (AvgIpc) is 3.07. The Morgan fingerprint density at radius 3 is 2.43 bits per heavy atom. The Balaban J connectivity index is 1.42. The number of aryl methyl sites for hydroxylation is 1. The summed E-state index contributed by atoms with van der Waals surface area (Å²) in [4.78, 5) is 2.44. The molecule has 1 aliphatic rings. The van der Waals surface area contributed by atoms with E-state index in [-0.39, 0.29) is 0 Å². The number of hydrogen-bond donors (Lipinski definition) is 1. The van der Waals surface area contributed by atoms with Crippen LogP contribution in [0.2, 0.25) is 5.02 Å². The van der Waals surface area contributed by atoms with Crippen LogP contribution in [0.5, 0.6) is 0 Å². The highest BCUT2D eigenvalue weighted by molar-refractivity contribution is 6.30. The van der Waals surface area contributed by atoms with Crippen LogP contribution in [-0.2, 0) is 12.1 Å². The minimum atomic E-state index is -0.707. The number of unbranched alkanes of at least 4 members (excludes halogenated alkanes) is 1. The summed E-state index contributed by atoms with van der Waals surface area (Å²) in [6.45, 7) is 3.86. The van der Waals surface area contributed by atoms with Gasteiger partial charge in [-0.1, -0.05) is 28.9 Å². The molecule has 23 heavy (non-hydrogen) atoms. The Hall–Kier alpha value is -1.43. The zero-order valence-corrected chi connectivity index (χ0v) is 14.0. The van der Waals surface area contributed by atoms with Gasteiger partial charge in [-0.15, -0.1) is 5.10 Å². The molecule has 0 bridgehead atoms. The molecule has 1 saturated heterocycles. The Bertz CT molecular complexity index is 592. The highest BCUT2D eigenvalue weighted by atomic mass is 35.5. The molecule has 124 valence electrons. The number of benzene rings is 1. The minimum absolute atomic E-state index is 0.707. The van der Waals surface area contributed by atoms with Crippen LogP contribution in [0.15, 0.2) is 36.7 Å². The summed E-state index contributed by atoms with van der Waals surface area (Å²) in [7, 11) is 0. The summed E-state index contributed by atoms with van der Waals surface area (Å²) in [5, 5.41) is 19.3. The third kappa shape index (κ3) is 4.31. The van der Waals surface area contributed by atoms with Crippen molar-refractivity contribution in [2.75, 3.05) is 19.6 Å². The van der Waals surface area contributed by atoms with Crippen LogP contribution < -0.4 is 0 Å². The van der Waals surface area contributed by atoms with E-state index in [0.29, 0.717) is 5.02 Å². The first-order valence-corrected chi connectivity index (χ1v) is 8.58. The van der Waals surface area contributed by atoms with Gasteiger partial charge in [0.25, 0.3) is 0 Å². The molecule has 1 aromatic carbocycles. The zero-order chi connectivity index (χ0) is 16.1. The maximum atomic E-state index is 10.9. The summed E-state index contributed by atoms with van der Waals surface area (Å²) < 4.78 is 1.87. The van der Waals surface area contributed by atoms with Gasteiger partial charge in [0.1, 0.15) is 0 Å². The molecule has 0 radical (unpaired) electrons. The quantitative estimate of drug-likeness (QED) is 0.825. The van der Waals surface area contributed by atoms with Crippen LogP contribution in [-0.4, -0.2) is 44.6 Å². The molecule has 1 fully saturated rings. The Labute approximate surface area is 141 Å². The number of aromatic nitrogens is 3. The van der Waals surface area contributed by atoms with Gasteiger partial charge < -0.3 is 10.0 Å². The van der Waals surface area contributed by atoms with Crippen molar-refractivity contribution in [1.29, 1.82) is 0 Å². The number of rotatable bonds is 6. The van der Waals surface area contributed by atoms with E-state index in [4.69, 9.17) is 11.6 Å². The lowest BCUT2D eigenvalue weighted by molar-refractivity contribution is -0.0261. The lowest BCUT2D eigenvalue weighted by Crippen LogP contribution is -2.42. The van der Waals surface area contributed by atoms with E-state index in [0.717, 1.165) is 57.4 Å². The SMILES string of the molecule is OC1(c2ccc(Cl)cc2)CCN(CCCCn2ccnn2)CC1. The van der Waals surface area contributed by atoms with Crippen molar-refractivity contribution in [3.05, 3.63) is 47.2 Å². The van der Waals surface area contributed by atoms with Crippen LogP contribution >= 0.6 is 11.6 Å². The van der Waals surface area contributed by atoms with Crippen molar-refractivity contribution in [3.8, 4) is 0 Å². The van der Waals surface area contributed by atoms with Crippen LogP contribution in [0, 0.1) is 0 Å². The monoisotopic (exact) mass is 334 g/mol. The molecule has 0 aliphatic carbocycles. The molecule has 2 heterocycles. The van der Waals surface area contributed by atoms with E-state index in [1.54, 1.807) is 6.20 Å². The molecule has 0 unspecified atom stereocenters. The Morgan fingerprint density at radius 2 is 1.78 bits per heavy atom. The number of nitrogens with zero attached hydrogens (tertiary/aromatic N) is 4. The number of piperidine rings is 1. The lowest BCUT2D eigenvalue weighted by Gasteiger charge is -2.38. The smallest absolute Gasteiger partial charge is 0.0920 e. The molecule has 1 N–H and O–H groups in total. The molecule has 0 amide bonds. The molecule has 2 aromatic rings. The number of halogens is 1. The third-order valence-electron chi connectivity index (χ3n) is 4.65. The van der Waals surface area contributed by atoms with E-state index in [2.05, 4.69) is 15.2 Å². The maximum absolute atomic E-state index is 10.9. The van der Waals surface area contributed by atoms with Gasteiger partial charge in [0, 0.05) is 30.9 Å². The summed E-state index contributed by atoms with van der Waals surface area (Å²) in [6, 6.07) is 7.59. The first kappa shape index (κ1) is 16.4. The van der Waals surface area contributed by atoms with Gasteiger partial charge in [-0.25, -0.2) is 0 Å². The van der Waals surface area contributed by atoms with Crippen LogP contribution in [0.1, 0.15) is 31.2 Å². The lowest BCUT2D eigenvalue weighted by atomic mass is 9.84. The highest BCUT2D eigenvalue weighted by Crippen LogP contribution is 2.33. The third-order valence-corrected chi connectivity index (χ3v) is 4.90. The summed E-state index contributed by atoms with van der Waals surface area (Å²) in [6.07, 6.45) is 7.39. The summed E-state index contributed by atoms with van der Waals surface area (Å²) in [5.41, 5.74) is 0.273. The second kappa shape index (κ2) is 7.43. The van der Waals surface area contributed by atoms with Crippen molar-refractivity contribution >= 4 is 11.6 Å². The standard InChI is InChI=1S/C17H23ClN4O/c18-16-5-3-15(4-6-16)17(23)7-12-21(13-8-17)10-1-2-11-22-14-9-19-20-22/h3-6,9,14,23H,1-2,7-8,10-13H2. The van der Waals surface area contributed by atoms with Gasteiger partial charge in [-0.05, 0) is 49.9 Å². The van der Waals surface area contributed by atoms with Gasteiger partial charge in [0.05, 0.1) is 11.8 Å². The molecular weight excluding hydrogens is 312 g/mol. The fraction of sp³-hybridized carbons (Fsp3) is 0.529. The molecule has 5 nitrogen and oxygen atoms in total.